The van der Waals surface area contributed by atoms with Crippen molar-refractivity contribution >= 4 is 23.2 Å². The Kier molecular flexibility index (Phi) is 3.31. The van der Waals surface area contributed by atoms with Gasteiger partial charge in [-0.2, -0.15) is 0 Å². The third-order valence-corrected chi connectivity index (χ3v) is 2.64. The number of pyridine rings is 1. The number of carbonyl (C=O) groups excluding carboxylic acids is 1. The molecule has 0 aliphatic carbocycles. The maximum atomic E-state index is 11.9. The summed E-state index contributed by atoms with van der Waals surface area (Å²) >= 11 is 5.87. The summed E-state index contributed by atoms with van der Waals surface area (Å²) in [4.78, 5) is 16.2. The van der Waals surface area contributed by atoms with E-state index in [1.165, 1.54) is 0 Å². The van der Waals surface area contributed by atoms with Crippen LogP contribution >= 0.6 is 11.6 Å². The summed E-state index contributed by atoms with van der Waals surface area (Å²) in [5, 5.41) is 3.32. The molecule has 0 aromatic carbocycles. The van der Waals surface area contributed by atoms with Crippen LogP contribution in [-0.2, 0) is 0 Å². The van der Waals surface area contributed by atoms with Crippen LogP contribution in [0.2, 0.25) is 5.02 Å². The van der Waals surface area contributed by atoms with Crippen molar-refractivity contribution in [2.45, 2.75) is 6.92 Å². The van der Waals surface area contributed by atoms with E-state index in [1.807, 2.05) is 0 Å². The molecule has 0 radical (unpaired) electrons. The van der Waals surface area contributed by atoms with Crippen LogP contribution in [0.3, 0.4) is 0 Å². The zero-order chi connectivity index (χ0) is 12.4. The van der Waals surface area contributed by atoms with Gasteiger partial charge in [-0.25, -0.2) is 4.98 Å². The number of carbonyl (C=O) groups is 1. The summed E-state index contributed by atoms with van der Waals surface area (Å²) in [5.41, 5.74) is 7.19. The van der Waals surface area contributed by atoms with Gasteiger partial charge in [0.05, 0.1) is 5.69 Å². The second-order valence-electron chi connectivity index (χ2n) is 3.66. The Morgan fingerprint density at radius 1 is 1.65 bits per heavy atom. The summed E-state index contributed by atoms with van der Waals surface area (Å²) in [7, 11) is 0. The van der Waals surface area contributed by atoms with E-state index in [4.69, 9.17) is 17.3 Å². The number of aryl methyl sites for hydroxylation is 1. The average molecular weight is 253 g/mol. The van der Waals surface area contributed by atoms with Crippen LogP contribution in [0.4, 0.5) is 0 Å². The highest BCUT2D eigenvalue weighted by molar-refractivity contribution is 6.30. The number of imidazole rings is 1. The minimum atomic E-state index is -0.178. The first kappa shape index (κ1) is 11.9. The first-order valence-electron chi connectivity index (χ1n) is 5.26. The molecule has 90 valence electrons. The van der Waals surface area contributed by atoms with Crippen LogP contribution in [-0.4, -0.2) is 28.4 Å². The predicted molar refractivity (Wildman–Crippen MR) is 66.3 cm³/mol. The minimum absolute atomic E-state index is 0.178. The molecule has 0 aliphatic heterocycles. The maximum Gasteiger partial charge on any atom is 0.270 e. The number of nitrogens with one attached hydrogen (secondary N) is 1. The Bertz CT molecular complexity index is 564. The number of amides is 1. The van der Waals surface area contributed by atoms with Crippen molar-refractivity contribution < 1.29 is 4.79 Å². The molecule has 0 saturated heterocycles. The summed E-state index contributed by atoms with van der Waals surface area (Å²) in [5.74, 6) is -0.178. The second-order valence-corrected chi connectivity index (χ2v) is 4.10. The van der Waals surface area contributed by atoms with E-state index in [1.54, 1.807) is 29.7 Å². The van der Waals surface area contributed by atoms with Crippen molar-refractivity contribution in [1.82, 2.24) is 14.7 Å². The molecule has 17 heavy (non-hydrogen) atoms. The number of nitrogens with two attached hydrogens (primary N) is 1. The van der Waals surface area contributed by atoms with E-state index in [0.29, 0.717) is 35.1 Å². The van der Waals surface area contributed by atoms with E-state index < -0.39 is 0 Å². The molecule has 0 atom stereocenters. The van der Waals surface area contributed by atoms with Gasteiger partial charge in [-0.1, -0.05) is 11.6 Å². The van der Waals surface area contributed by atoms with Crippen molar-refractivity contribution in [1.29, 1.82) is 0 Å². The molecule has 0 unspecified atom stereocenters. The van der Waals surface area contributed by atoms with Crippen LogP contribution in [0.25, 0.3) is 5.65 Å². The van der Waals surface area contributed by atoms with Crippen LogP contribution in [0.1, 0.15) is 16.2 Å². The molecule has 2 aromatic heterocycles. The number of hydrogen-bond donors (Lipinski definition) is 2. The van der Waals surface area contributed by atoms with E-state index >= 15 is 0 Å². The zero-order valence-electron chi connectivity index (χ0n) is 9.40. The summed E-state index contributed by atoms with van der Waals surface area (Å²) in [6.45, 7) is 2.64. The van der Waals surface area contributed by atoms with Gasteiger partial charge in [0.2, 0.25) is 0 Å². The molecule has 0 saturated carbocycles. The van der Waals surface area contributed by atoms with Gasteiger partial charge in [0.15, 0.2) is 0 Å². The van der Waals surface area contributed by atoms with E-state index in [-0.39, 0.29) is 5.91 Å². The molecule has 2 aromatic rings. The Labute approximate surface area is 104 Å². The highest BCUT2D eigenvalue weighted by atomic mass is 35.5. The zero-order valence-corrected chi connectivity index (χ0v) is 10.2. The monoisotopic (exact) mass is 252 g/mol. The number of nitrogens with zero attached hydrogens (tertiary/aromatic N) is 2. The maximum absolute atomic E-state index is 11.9. The standard InChI is InChI=1S/C11H13ClN4O/c1-7-10(11(17)14-4-3-13)16-5-2-8(12)6-9(16)15-7/h2,5-6H,3-4,13H2,1H3,(H,14,17). The van der Waals surface area contributed by atoms with Gasteiger partial charge in [0.25, 0.3) is 5.91 Å². The Balaban J connectivity index is 2.46. The Hall–Kier alpha value is -1.59. The van der Waals surface area contributed by atoms with Crippen molar-refractivity contribution in [2.24, 2.45) is 5.73 Å². The lowest BCUT2D eigenvalue weighted by molar-refractivity contribution is 0.0948. The number of aromatic nitrogens is 2. The summed E-state index contributed by atoms with van der Waals surface area (Å²) < 4.78 is 1.72. The normalized spacial score (nSPS) is 10.8. The van der Waals surface area contributed by atoms with Gasteiger partial charge in [-0.05, 0) is 13.0 Å². The van der Waals surface area contributed by atoms with Crippen molar-refractivity contribution in [3.05, 3.63) is 34.7 Å². The molecule has 2 heterocycles. The van der Waals surface area contributed by atoms with Gasteiger partial charge < -0.3 is 11.1 Å². The molecule has 0 fully saturated rings. The lowest BCUT2D eigenvalue weighted by Crippen LogP contribution is -2.30. The fourth-order valence-corrected chi connectivity index (χ4v) is 1.83. The lowest BCUT2D eigenvalue weighted by atomic mass is 10.3. The van der Waals surface area contributed by atoms with Crippen LogP contribution < -0.4 is 11.1 Å². The average Bonchev–Trinajstić information content (AvgIpc) is 2.61. The minimum Gasteiger partial charge on any atom is -0.349 e. The van der Waals surface area contributed by atoms with Crippen LogP contribution in [0.5, 0.6) is 0 Å². The van der Waals surface area contributed by atoms with Gasteiger partial charge in [0, 0.05) is 30.4 Å². The van der Waals surface area contributed by atoms with Crippen LogP contribution in [0, 0.1) is 6.92 Å². The fourth-order valence-electron chi connectivity index (χ4n) is 1.68. The summed E-state index contributed by atoms with van der Waals surface area (Å²) in [6, 6.07) is 3.43. The molecule has 0 bridgehead atoms. The third kappa shape index (κ3) is 2.25. The number of fused-ring (bicyclic) bond motifs is 1. The first-order chi connectivity index (χ1) is 8.13. The molecule has 0 spiro atoms. The highest BCUT2D eigenvalue weighted by Crippen LogP contribution is 2.16. The Morgan fingerprint density at radius 2 is 2.41 bits per heavy atom. The largest absolute Gasteiger partial charge is 0.349 e. The van der Waals surface area contributed by atoms with Crippen molar-refractivity contribution in [2.75, 3.05) is 13.1 Å². The molecule has 3 N–H and O–H groups in total. The highest BCUT2D eigenvalue weighted by Gasteiger charge is 2.15. The van der Waals surface area contributed by atoms with Crippen LogP contribution in [0.15, 0.2) is 18.3 Å². The van der Waals surface area contributed by atoms with Crippen molar-refractivity contribution in [3.8, 4) is 0 Å². The number of halogens is 1. The SMILES string of the molecule is Cc1nc2cc(Cl)ccn2c1C(=O)NCCN. The molecule has 2 rings (SSSR count). The first-order valence-corrected chi connectivity index (χ1v) is 5.63. The van der Waals surface area contributed by atoms with Gasteiger partial charge in [-0.15, -0.1) is 0 Å². The van der Waals surface area contributed by atoms with Gasteiger partial charge >= 0.3 is 0 Å². The number of rotatable bonds is 3. The Morgan fingerprint density at radius 3 is 3.12 bits per heavy atom. The van der Waals surface area contributed by atoms with Crippen molar-refractivity contribution in [3.63, 3.8) is 0 Å². The topological polar surface area (TPSA) is 72.4 Å². The molecule has 0 aliphatic rings. The molecule has 6 heteroatoms. The number of hydrogen-bond acceptors (Lipinski definition) is 3. The lowest BCUT2D eigenvalue weighted by Gasteiger charge is -2.04. The second kappa shape index (κ2) is 4.73. The molecule has 1 amide bonds. The molecule has 5 nitrogen and oxygen atoms in total. The van der Waals surface area contributed by atoms with E-state index in [0.717, 1.165) is 0 Å². The molecular formula is C11H13ClN4O. The smallest absolute Gasteiger partial charge is 0.270 e. The quantitative estimate of drug-likeness (QED) is 0.856. The van der Waals surface area contributed by atoms with Gasteiger partial charge in [0.1, 0.15) is 11.3 Å². The van der Waals surface area contributed by atoms with E-state index in [9.17, 15) is 4.79 Å². The van der Waals surface area contributed by atoms with Gasteiger partial charge in [-0.3, -0.25) is 9.20 Å². The molecular weight excluding hydrogens is 240 g/mol. The third-order valence-electron chi connectivity index (χ3n) is 2.41. The van der Waals surface area contributed by atoms with E-state index in [2.05, 4.69) is 10.3 Å². The summed E-state index contributed by atoms with van der Waals surface area (Å²) in [6.07, 6.45) is 1.73. The fraction of sp³-hybridized carbons (Fsp3) is 0.273. The predicted octanol–water partition coefficient (Wildman–Crippen LogP) is 0.985.